The summed E-state index contributed by atoms with van der Waals surface area (Å²) in [7, 11) is 3.64. The minimum Gasteiger partial charge on any atom is -0.468 e. The molecular weight excluding hydrogens is 240 g/mol. The van der Waals surface area contributed by atoms with Crippen molar-refractivity contribution in [3.8, 4) is 0 Å². The molecule has 0 aliphatic heterocycles. The average molecular weight is 270 g/mol. The van der Waals surface area contributed by atoms with Crippen molar-refractivity contribution in [1.82, 2.24) is 10.2 Å². The van der Waals surface area contributed by atoms with Crippen LogP contribution in [-0.2, 0) is 9.53 Å². The van der Waals surface area contributed by atoms with Gasteiger partial charge in [0.25, 0.3) is 0 Å². The lowest BCUT2D eigenvalue weighted by molar-refractivity contribution is -0.148. The van der Waals surface area contributed by atoms with Gasteiger partial charge in [0, 0.05) is 12.6 Å². The van der Waals surface area contributed by atoms with Gasteiger partial charge in [0.1, 0.15) is 5.54 Å². The minimum absolute atomic E-state index is 0.161. The Hall–Kier alpha value is -0.610. The lowest BCUT2D eigenvalue weighted by atomic mass is 9.93. The standard InChI is InChI=1S/C15H30N2O2/c1-5-16-15(2,14(18)19-4)11-12-17(3)13-9-7-6-8-10-13/h13,16H,5-12H2,1-4H3. The fraction of sp³-hybridized carbons (Fsp3) is 0.933. The molecule has 0 aromatic carbocycles. The van der Waals surface area contributed by atoms with Crippen LogP contribution in [0.15, 0.2) is 0 Å². The molecule has 19 heavy (non-hydrogen) atoms. The van der Waals surface area contributed by atoms with E-state index < -0.39 is 5.54 Å². The fourth-order valence-corrected chi connectivity index (χ4v) is 2.98. The van der Waals surface area contributed by atoms with E-state index in [1.165, 1.54) is 39.2 Å². The number of hydrogen-bond acceptors (Lipinski definition) is 4. The van der Waals surface area contributed by atoms with Crippen molar-refractivity contribution in [1.29, 1.82) is 0 Å². The highest BCUT2D eigenvalue weighted by Crippen LogP contribution is 2.22. The van der Waals surface area contributed by atoms with Gasteiger partial charge in [-0.1, -0.05) is 26.2 Å². The number of esters is 1. The largest absolute Gasteiger partial charge is 0.468 e. The van der Waals surface area contributed by atoms with Crippen molar-refractivity contribution in [3.05, 3.63) is 0 Å². The number of nitrogens with one attached hydrogen (secondary N) is 1. The van der Waals surface area contributed by atoms with Gasteiger partial charge in [0.2, 0.25) is 0 Å². The maximum atomic E-state index is 11.9. The normalized spacial score (nSPS) is 20.3. The van der Waals surface area contributed by atoms with Crippen LogP contribution in [-0.4, -0.2) is 49.7 Å². The first-order chi connectivity index (χ1) is 9.03. The summed E-state index contributed by atoms with van der Waals surface area (Å²) in [5.74, 6) is -0.161. The first-order valence-electron chi connectivity index (χ1n) is 7.57. The topological polar surface area (TPSA) is 41.6 Å². The van der Waals surface area contributed by atoms with Gasteiger partial charge in [-0.3, -0.25) is 4.79 Å². The van der Waals surface area contributed by atoms with E-state index in [0.717, 1.165) is 19.5 Å². The molecule has 0 spiro atoms. The molecule has 0 radical (unpaired) electrons. The van der Waals surface area contributed by atoms with E-state index in [1.807, 2.05) is 13.8 Å². The molecule has 1 saturated carbocycles. The van der Waals surface area contributed by atoms with Crippen LogP contribution in [0.2, 0.25) is 0 Å². The van der Waals surface area contributed by atoms with Crippen LogP contribution >= 0.6 is 0 Å². The maximum Gasteiger partial charge on any atom is 0.325 e. The number of carbonyl (C=O) groups is 1. The van der Waals surface area contributed by atoms with Crippen molar-refractivity contribution in [3.63, 3.8) is 0 Å². The Bertz CT molecular complexity index is 277. The molecule has 0 heterocycles. The number of methoxy groups -OCH3 is 1. The summed E-state index contributed by atoms with van der Waals surface area (Å²) in [6.45, 7) is 5.67. The van der Waals surface area contributed by atoms with Crippen LogP contribution in [0.1, 0.15) is 52.4 Å². The van der Waals surface area contributed by atoms with E-state index in [1.54, 1.807) is 0 Å². The van der Waals surface area contributed by atoms with Crippen LogP contribution in [0, 0.1) is 0 Å². The van der Waals surface area contributed by atoms with E-state index in [2.05, 4.69) is 17.3 Å². The predicted molar refractivity (Wildman–Crippen MR) is 78.2 cm³/mol. The van der Waals surface area contributed by atoms with Gasteiger partial charge in [0.05, 0.1) is 7.11 Å². The summed E-state index contributed by atoms with van der Waals surface area (Å²) < 4.78 is 4.93. The third-order valence-corrected chi connectivity index (χ3v) is 4.37. The van der Waals surface area contributed by atoms with Crippen LogP contribution in [0.5, 0.6) is 0 Å². The Morgan fingerprint density at radius 2 is 2.00 bits per heavy atom. The predicted octanol–water partition coefficient (Wildman–Crippen LogP) is 2.18. The average Bonchev–Trinajstić information content (AvgIpc) is 2.45. The minimum atomic E-state index is -0.563. The van der Waals surface area contributed by atoms with Crippen molar-refractivity contribution in [2.75, 3.05) is 27.2 Å². The number of nitrogens with zero attached hydrogens (tertiary/aromatic N) is 1. The molecule has 1 rings (SSSR count). The Labute approximate surface area is 117 Å². The van der Waals surface area contributed by atoms with Crippen molar-refractivity contribution < 1.29 is 9.53 Å². The molecule has 0 saturated heterocycles. The fourth-order valence-electron chi connectivity index (χ4n) is 2.98. The van der Waals surface area contributed by atoms with Crippen molar-refractivity contribution in [2.24, 2.45) is 0 Å². The SMILES string of the molecule is CCNC(C)(CCN(C)C1CCCCC1)C(=O)OC. The summed E-state index contributed by atoms with van der Waals surface area (Å²) in [5.41, 5.74) is -0.563. The second-order valence-electron chi connectivity index (χ2n) is 5.88. The number of hydrogen-bond donors (Lipinski definition) is 1. The molecule has 0 amide bonds. The van der Waals surface area contributed by atoms with E-state index in [0.29, 0.717) is 6.04 Å². The van der Waals surface area contributed by atoms with E-state index in [-0.39, 0.29) is 5.97 Å². The highest BCUT2D eigenvalue weighted by atomic mass is 16.5. The van der Waals surface area contributed by atoms with Gasteiger partial charge in [-0.2, -0.15) is 0 Å². The van der Waals surface area contributed by atoms with E-state index in [9.17, 15) is 4.79 Å². The molecule has 0 bridgehead atoms. The number of likely N-dealkylation sites (N-methyl/N-ethyl adjacent to an activating group) is 1. The Morgan fingerprint density at radius 3 is 2.53 bits per heavy atom. The summed E-state index contributed by atoms with van der Waals surface area (Å²) in [5, 5.41) is 3.27. The molecule has 1 aliphatic carbocycles. The molecule has 1 fully saturated rings. The van der Waals surface area contributed by atoms with Crippen LogP contribution in [0.3, 0.4) is 0 Å². The lowest BCUT2D eigenvalue weighted by Crippen LogP contribution is -2.52. The first-order valence-corrected chi connectivity index (χ1v) is 7.57. The highest BCUT2D eigenvalue weighted by molar-refractivity contribution is 5.80. The zero-order chi connectivity index (χ0) is 14.3. The monoisotopic (exact) mass is 270 g/mol. The number of carbonyl (C=O) groups excluding carboxylic acids is 1. The Morgan fingerprint density at radius 1 is 1.37 bits per heavy atom. The van der Waals surface area contributed by atoms with Gasteiger partial charge in [0.15, 0.2) is 0 Å². The zero-order valence-corrected chi connectivity index (χ0v) is 13.0. The van der Waals surface area contributed by atoms with Gasteiger partial charge >= 0.3 is 5.97 Å². The second-order valence-corrected chi connectivity index (χ2v) is 5.88. The first kappa shape index (κ1) is 16.4. The summed E-state index contributed by atoms with van der Waals surface area (Å²) in [6.07, 6.45) is 7.45. The molecular formula is C15H30N2O2. The smallest absolute Gasteiger partial charge is 0.325 e. The molecule has 1 aliphatic rings. The van der Waals surface area contributed by atoms with Gasteiger partial charge in [-0.15, -0.1) is 0 Å². The summed E-state index contributed by atoms with van der Waals surface area (Å²) >= 11 is 0. The molecule has 1 unspecified atom stereocenters. The van der Waals surface area contributed by atoms with Crippen molar-refractivity contribution in [2.45, 2.75) is 64.0 Å². The maximum absolute atomic E-state index is 11.9. The molecule has 1 N–H and O–H groups in total. The van der Waals surface area contributed by atoms with E-state index >= 15 is 0 Å². The quantitative estimate of drug-likeness (QED) is 0.720. The Kier molecular flexibility index (Phi) is 6.80. The van der Waals surface area contributed by atoms with Gasteiger partial charge in [-0.05, 0) is 39.8 Å². The second kappa shape index (κ2) is 7.85. The number of ether oxygens (including phenoxy) is 1. The summed E-state index contributed by atoms with van der Waals surface area (Å²) in [4.78, 5) is 14.3. The highest BCUT2D eigenvalue weighted by Gasteiger charge is 2.33. The molecule has 4 heteroatoms. The lowest BCUT2D eigenvalue weighted by Gasteiger charge is -2.34. The third-order valence-electron chi connectivity index (χ3n) is 4.37. The number of rotatable bonds is 7. The van der Waals surface area contributed by atoms with Gasteiger partial charge < -0.3 is 15.0 Å². The molecule has 0 aromatic heterocycles. The van der Waals surface area contributed by atoms with Crippen LogP contribution in [0.4, 0.5) is 0 Å². The molecule has 1 atom stereocenters. The molecule has 0 aromatic rings. The van der Waals surface area contributed by atoms with Gasteiger partial charge in [-0.25, -0.2) is 0 Å². The van der Waals surface area contributed by atoms with Crippen molar-refractivity contribution >= 4 is 5.97 Å². The van der Waals surface area contributed by atoms with E-state index in [4.69, 9.17) is 4.74 Å². The zero-order valence-electron chi connectivity index (χ0n) is 13.0. The third kappa shape index (κ3) is 4.77. The van der Waals surface area contributed by atoms with Crippen LogP contribution in [0.25, 0.3) is 0 Å². The Balaban J connectivity index is 2.48. The summed E-state index contributed by atoms with van der Waals surface area (Å²) in [6, 6.07) is 0.692. The molecule has 4 nitrogen and oxygen atoms in total. The van der Waals surface area contributed by atoms with Crippen LogP contribution < -0.4 is 5.32 Å². The molecule has 112 valence electrons.